The molecular weight excluding hydrogens is 272 g/mol. The van der Waals surface area contributed by atoms with Crippen LogP contribution in [0.2, 0.25) is 0 Å². The SMILES string of the molecule is CC(Cc1ccco1)Nc1c(C#N)c(=O)n(C)c(=O)n1C. The average Bonchev–Trinajstić information content (AvgIpc) is 2.95. The van der Waals surface area contributed by atoms with Gasteiger partial charge in [0.25, 0.3) is 5.56 Å². The third kappa shape index (κ3) is 2.74. The van der Waals surface area contributed by atoms with Crippen LogP contribution >= 0.6 is 0 Å². The molecule has 21 heavy (non-hydrogen) atoms. The zero-order chi connectivity index (χ0) is 15.6. The zero-order valence-corrected chi connectivity index (χ0v) is 12.1. The average molecular weight is 288 g/mol. The highest BCUT2D eigenvalue weighted by atomic mass is 16.3. The summed E-state index contributed by atoms with van der Waals surface area (Å²) in [6.07, 6.45) is 2.15. The van der Waals surface area contributed by atoms with Crippen molar-refractivity contribution >= 4 is 5.82 Å². The van der Waals surface area contributed by atoms with E-state index in [1.54, 1.807) is 12.3 Å². The summed E-state index contributed by atoms with van der Waals surface area (Å²) in [7, 11) is 2.87. The first-order chi connectivity index (χ1) is 9.95. The number of furan rings is 1. The molecule has 0 amide bonds. The van der Waals surface area contributed by atoms with Crippen LogP contribution in [0.15, 0.2) is 32.4 Å². The molecule has 2 aromatic rings. The minimum absolute atomic E-state index is 0.0779. The second kappa shape index (κ2) is 5.71. The Morgan fingerprint density at radius 3 is 2.67 bits per heavy atom. The summed E-state index contributed by atoms with van der Waals surface area (Å²) in [4.78, 5) is 23.9. The molecule has 0 fully saturated rings. The Bertz CT molecular complexity index is 793. The van der Waals surface area contributed by atoms with Crippen LogP contribution in [-0.4, -0.2) is 15.2 Å². The van der Waals surface area contributed by atoms with Crippen molar-refractivity contribution < 1.29 is 4.42 Å². The fraction of sp³-hybridized carbons (Fsp3) is 0.357. The lowest BCUT2D eigenvalue weighted by atomic mass is 10.2. The van der Waals surface area contributed by atoms with Crippen LogP contribution in [0.3, 0.4) is 0 Å². The van der Waals surface area contributed by atoms with E-state index in [1.807, 2.05) is 19.1 Å². The van der Waals surface area contributed by atoms with Gasteiger partial charge in [-0.05, 0) is 19.1 Å². The molecule has 0 saturated carbocycles. The molecule has 0 aromatic carbocycles. The van der Waals surface area contributed by atoms with Crippen molar-refractivity contribution in [2.75, 3.05) is 5.32 Å². The van der Waals surface area contributed by atoms with Crippen LogP contribution < -0.4 is 16.6 Å². The molecule has 2 aromatic heterocycles. The predicted molar refractivity (Wildman–Crippen MR) is 77.1 cm³/mol. The van der Waals surface area contributed by atoms with Crippen molar-refractivity contribution in [2.45, 2.75) is 19.4 Å². The number of nitriles is 1. The summed E-state index contributed by atoms with van der Waals surface area (Å²) < 4.78 is 7.44. The molecule has 0 saturated heterocycles. The summed E-state index contributed by atoms with van der Waals surface area (Å²) in [6, 6.07) is 5.38. The molecule has 1 unspecified atom stereocenters. The van der Waals surface area contributed by atoms with Crippen LogP contribution in [0.4, 0.5) is 5.82 Å². The van der Waals surface area contributed by atoms with Gasteiger partial charge in [0.05, 0.1) is 6.26 Å². The summed E-state index contributed by atoms with van der Waals surface area (Å²) in [5, 5.41) is 12.2. The monoisotopic (exact) mass is 288 g/mol. The normalized spacial score (nSPS) is 11.9. The van der Waals surface area contributed by atoms with Crippen molar-refractivity contribution in [3.05, 3.63) is 50.6 Å². The Kier molecular flexibility index (Phi) is 3.98. The predicted octanol–water partition coefficient (Wildman–Crippen LogP) is 0.592. The van der Waals surface area contributed by atoms with Crippen molar-refractivity contribution in [3.63, 3.8) is 0 Å². The van der Waals surface area contributed by atoms with Crippen LogP contribution in [0.5, 0.6) is 0 Å². The van der Waals surface area contributed by atoms with Gasteiger partial charge < -0.3 is 9.73 Å². The third-order valence-corrected chi connectivity index (χ3v) is 3.25. The molecule has 7 nitrogen and oxygen atoms in total. The summed E-state index contributed by atoms with van der Waals surface area (Å²) in [5.74, 6) is 1.01. The highest BCUT2D eigenvalue weighted by Crippen LogP contribution is 2.12. The lowest BCUT2D eigenvalue weighted by molar-refractivity contribution is 0.497. The fourth-order valence-corrected chi connectivity index (χ4v) is 2.13. The second-order valence-corrected chi connectivity index (χ2v) is 4.87. The van der Waals surface area contributed by atoms with Gasteiger partial charge in [-0.15, -0.1) is 0 Å². The minimum atomic E-state index is -0.603. The molecule has 7 heteroatoms. The Morgan fingerprint density at radius 1 is 1.38 bits per heavy atom. The first-order valence-electron chi connectivity index (χ1n) is 6.44. The molecule has 0 bridgehead atoms. The van der Waals surface area contributed by atoms with Gasteiger partial charge in [0.15, 0.2) is 5.56 Å². The van der Waals surface area contributed by atoms with E-state index in [0.717, 1.165) is 10.3 Å². The standard InChI is InChI=1S/C14H16N4O3/c1-9(7-10-5-4-6-21-10)16-12-11(8-15)13(19)18(3)14(20)17(12)2/h4-6,9,16H,7H2,1-3H3. The third-order valence-electron chi connectivity index (χ3n) is 3.25. The van der Waals surface area contributed by atoms with Gasteiger partial charge in [0.1, 0.15) is 17.6 Å². The quantitative estimate of drug-likeness (QED) is 0.889. The van der Waals surface area contributed by atoms with E-state index in [1.165, 1.54) is 18.7 Å². The molecule has 0 radical (unpaired) electrons. The first kappa shape index (κ1) is 14.7. The van der Waals surface area contributed by atoms with E-state index in [-0.39, 0.29) is 17.4 Å². The number of aromatic nitrogens is 2. The van der Waals surface area contributed by atoms with E-state index >= 15 is 0 Å². The molecule has 0 aliphatic carbocycles. The van der Waals surface area contributed by atoms with Crippen LogP contribution in [0.25, 0.3) is 0 Å². The van der Waals surface area contributed by atoms with E-state index in [0.29, 0.717) is 6.42 Å². The van der Waals surface area contributed by atoms with Gasteiger partial charge in [-0.2, -0.15) is 5.26 Å². The Morgan fingerprint density at radius 2 is 2.10 bits per heavy atom. The molecule has 1 N–H and O–H groups in total. The molecule has 1 atom stereocenters. The molecule has 2 rings (SSSR count). The maximum absolute atomic E-state index is 12.0. The second-order valence-electron chi connectivity index (χ2n) is 4.87. The highest BCUT2D eigenvalue weighted by Gasteiger charge is 2.17. The number of hydrogen-bond donors (Lipinski definition) is 1. The summed E-state index contributed by atoms with van der Waals surface area (Å²) in [6.45, 7) is 1.88. The highest BCUT2D eigenvalue weighted by molar-refractivity contribution is 5.51. The van der Waals surface area contributed by atoms with E-state index in [4.69, 9.17) is 4.42 Å². The Labute approximate surface area is 121 Å². The van der Waals surface area contributed by atoms with Crippen LogP contribution in [0, 0.1) is 11.3 Å². The Hall–Kier alpha value is -2.75. The van der Waals surface area contributed by atoms with Crippen molar-refractivity contribution in [1.29, 1.82) is 5.26 Å². The van der Waals surface area contributed by atoms with Gasteiger partial charge in [-0.25, -0.2) is 4.79 Å². The van der Waals surface area contributed by atoms with Gasteiger partial charge >= 0.3 is 5.69 Å². The maximum atomic E-state index is 12.0. The maximum Gasteiger partial charge on any atom is 0.332 e. The van der Waals surface area contributed by atoms with Crippen LogP contribution in [-0.2, 0) is 20.5 Å². The van der Waals surface area contributed by atoms with Crippen molar-refractivity contribution in [3.8, 4) is 6.07 Å². The minimum Gasteiger partial charge on any atom is -0.469 e. The molecule has 0 spiro atoms. The van der Waals surface area contributed by atoms with Gasteiger partial charge in [0.2, 0.25) is 0 Å². The number of nitrogens with one attached hydrogen (secondary N) is 1. The van der Waals surface area contributed by atoms with Crippen molar-refractivity contribution in [2.24, 2.45) is 14.1 Å². The number of anilines is 1. The number of hydrogen-bond acceptors (Lipinski definition) is 5. The topological polar surface area (TPSA) is 93.0 Å². The molecule has 110 valence electrons. The van der Waals surface area contributed by atoms with Crippen LogP contribution in [0.1, 0.15) is 18.2 Å². The lowest BCUT2D eigenvalue weighted by Gasteiger charge is -2.18. The van der Waals surface area contributed by atoms with E-state index in [2.05, 4.69) is 5.32 Å². The molecular formula is C14H16N4O3. The van der Waals surface area contributed by atoms with Gasteiger partial charge in [0, 0.05) is 26.6 Å². The summed E-state index contributed by atoms with van der Waals surface area (Å²) >= 11 is 0. The smallest absolute Gasteiger partial charge is 0.332 e. The first-order valence-corrected chi connectivity index (χ1v) is 6.44. The van der Waals surface area contributed by atoms with Gasteiger partial charge in [-0.3, -0.25) is 13.9 Å². The number of nitrogens with zero attached hydrogens (tertiary/aromatic N) is 3. The molecule has 2 heterocycles. The lowest BCUT2D eigenvalue weighted by Crippen LogP contribution is -2.40. The zero-order valence-electron chi connectivity index (χ0n) is 12.1. The largest absolute Gasteiger partial charge is 0.469 e. The van der Waals surface area contributed by atoms with Crippen molar-refractivity contribution in [1.82, 2.24) is 9.13 Å². The molecule has 0 aliphatic heterocycles. The Balaban J connectivity index is 2.38. The summed E-state index contributed by atoms with van der Waals surface area (Å²) in [5.41, 5.74) is -1.16. The fourth-order valence-electron chi connectivity index (χ4n) is 2.13. The van der Waals surface area contributed by atoms with E-state index < -0.39 is 11.2 Å². The van der Waals surface area contributed by atoms with Gasteiger partial charge in [-0.1, -0.05) is 0 Å². The number of rotatable bonds is 4. The van der Waals surface area contributed by atoms with E-state index in [9.17, 15) is 14.9 Å². The molecule has 0 aliphatic rings.